The number of carbonyl (C=O) groups is 2. The summed E-state index contributed by atoms with van der Waals surface area (Å²) in [7, 11) is 0. The molecule has 2 aromatic rings. The van der Waals surface area contributed by atoms with Gasteiger partial charge in [-0.25, -0.2) is 9.97 Å². The number of aromatic nitrogens is 3. The van der Waals surface area contributed by atoms with Crippen LogP contribution in [-0.4, -0.2) is 63.5 Å². The number of rotatable bonds is 7. The number of carbonyl (C=O) groups excluding carboxylic acids is 2. The predicted molar refractivity (Wildman–Crippen MR) is 108 cm³/mol. The van der Waals surface area contributed by atoms with Crippen LogP contribution in [0.3, 0.4) is 0 Å². The zero-order chi connectivity index (χ0) is 22.6. The van der Waals surface area contributed by atoms with Crippen molar-refractivity contribution in [1.82, 2.24) is 25.2 Å². The summed E-state index contributed by atoms with van der Waals surface area (Å²) in [6, 6.07) is 2.28. The number of aromatic amines is 1. The molecule has 1 saturated heterocycles. The molecule has 0 radical (unpaired) electrons. The van der Waals surface area contributed by atoms with Gasteiger partial charge in [-0.1, -0.05) is 13.8 Å². The van der Waals surface area contributed by atoms with Crippen molar-refractivity contribution in [2.75, 3.05) is 25.0 Å². The van der Waals surface area contributed by atoms with Gasteiger partial charge in [0.05, 0.1) is 0 Å². The summed E-state index contributed by atoms with van der Waals surface area (Å²) in [6.07, 6.45) is 0.591. The minimum Gasteiger partial charge on any atom is -0.358 e. The van der Waals surface area contributed by atoms with Gasteiger partial charge in [-0.3, -0.25) is 9.59 Å². The maximum absolute atomic E-state index is 12.5. The van der Waals surface area contributed by atoms with Crippen LogP contribution < -0.4 is 10.6 Å². The largest absolute Gasteiger partial charge is 0.405 e. The minimum atomic E-state index is -4.49. The fraction of sp³-hybridized carbons (Fsp3) is 0.500. The number of likely N-dealkylation sites (tertiary alicyclic amines) is 1. The monoisotopic (exact) mass is 438 g/mol. The summed E-state index contributed by atoms with van der Waals surface area (Å²) in [5.41, 5.74) is 1.03. The molecule has 2 aromatic heterocycles. The third-order valence-electron chi connectivity index (χ3n) is 4.94. The molecule has 0 saturated carbocycles. The van der Waals surface area contributed by atoms with Gasteiger partial charge in [-0.2, -0.15) is 13.2 Å². The molecule has 2 amide bonds. The first-order valence-corrected chi connectivity index (χ1v) is 10.1. The molecule has 0 bridgehead atoms. The molecule has 8 nitrogen and oxygen atoms in total. The lowest BCUT2D eigenvalue weighted by Gasteiger charge is -2.22. The van der Waals surface area contributed by atoms with Crippen LogP contribution in [0.2, 0.25) is 0 Å². The molecule has 31 heavy (non-hydrogen) atoms. The number of nitrogens with one attached hydrogen (secondary N) is 3. The van der Waals surface area contributed by atoms with Crippen molar-refractivity contribution in [2.24, 2.45) is 5.92 Å². The van der Waals surface area contributed by atoms with Crippen LogP contribution in [0.15, 0.2) is 24.5 Å². The first-order valence-electron chi connectivity index (χ1n) is 10.1. The third kappa shape index (κ3) is 5.96. The number of H-pyrrole nitrogens is 1. The fourth-order valence-electron chi connectivity index (χ4n) is 3.31. The van der Waals surface area contributed by atoms with Crippen molar-refractivity contribution in [3.05, 3.63) is 30.2 Å². The van der Waals surface area contributed by atoms with Crippen LogP contribution in [0, 0.1) is 5.92 Å². The second-order valence-corrected chi connectivity index (χ2v) is 7.77. The van der Waals surface area contributed by atoms with Gasteiger partial charge in [-0.05, 0) is 30.9 Å². The first-order chi connectivity index (χ1) is 14.6. The first kappa shape index (κ1) is 22.6. The Morgan fingerprint density at radius 2 is 1.97 bits per heavy atom. The van der Waals surface area contributed by atoms with Crippen molar-refractivity contribution >= 4 is 17.6 Å². The number of alkyl halides is 3. The molecular formula is C20H25F3N6O2. The minimum absolute atomic E-state index is 0.0840. The third-order valence-corrected chi connectivity index (χ3v) is 4.94. The zero-order valence-electron chi connectivity index (χ0n) is 17.3. The van der Waals surface area contributed by atoms with Crippen LogP contribution in [0.5, 0.6) is 0 Å². The number of amides is 2. The van der Waals surface area contributed by atoms with E-state index >= 15 is 0 Å². The Morgan fingerprint density at radius 3 is 2.61 bits per heavy atom. The van der Waals surface area contributed by atoms with E-state index in [-0.39, 0.29) is 11.8 Å². The Bertz CT molecular complexity index is 922. The summed E-state index contributed by atoms with van der Waals surface area (Å²) in [5.74, 6) is -0.533. The van der Waals surface area contributed by atoms with E-state index in [1.807, 2.05) is 5.32 Å². The van der Waals surface area contributed by atoms with E-state index in [9.17, 15) is 22.8 Å². The Balaban J connectivity index is 1.72. The second-order valence-electron chi connectivity index (χ2n) is 7.77. The Kier molecular flexibility index (Phi) is 6.81. The molecular weight excluding hydrogens is 413 g/mol. The molecule has 168 valence electrons. The van der Waals surface area contributed by atoms with Gasteiger partial charge in [0.15, 0.2) is 5.82 Å². The molecule has 11 heteroatoms. The van der Waals surface area contributed by atoms with Crippen molar-refractivity contribution in [3.63, 3.8) is 0 Å². The normalized spacial score (nSPS) is 15.2. The maximum Gasteiger partial charge on any atom is 0.405 e. The maximum atomic E-state index is 12.5. The topological polar surface area (TPSA) is 103 Å². The fourth-order valence-corrected chi connectivity index (χ4v) is 3.31. The number of nitrogens with zero attached hydrogens (tertiary/aromatic N) is 3. The van der Waals surface area contributed by atoms with Crippen LogP contribution in [0.4, 0.5) is 19.0 Å². The smallest absolute Gasteiger partial charge is 0.358 e. The number of halogens is 3. The average molecular weight is 438 g/mol. The highest BCUT2D eigenvalue weighted by molar-refractivity contribution is 5.94. The van der Waals surface area contributed by atoms with Crippen LogP contribution in [0.1, 0.15) is 37.2 Å². The standard InChI is InChI=1S/C20H25F3N6O2/c1-12(2)16(18(30)26-11-20(21,22)23)27-15-5-6-24-17(28-15)13-9-14(25-10-13)19(31)29-7-3-4-8-29/h5-6,9-10,12,16,25H,3-4,7-8,11H2,1-2H3,(H,26,30)(H,24,27,28)/t16-/m1/s1. The van der Waals surface area contributed by atoms with Crippen molar-refractivity contribution in [2.45, 2.75) is 38.9 Å². The van der Waals surface area contributed by atoms with Gasteiger partial charge >= 0.3 is 6.18 Å². The highest BCUT2D eigenvalue weighted by Crippen LogP contribution is 2.21. The Morgan fingerprint density at radius 1 is 1.26 bits per heavy atom. The summed E-state index contributed by atoms with van der Waals surface area (Å²) in [5, 5.41) is 4.78. The Hall–Kier alpha value is -3.11. The van der Waals surface area contributed by atoms with E-state index in [0.29, 0.717) is 22.9 Å². The quantitative estimate of drug-likeness (QED) is 0.617. The average Bonchev–Trinajstić information content (AvgIpc) is 3.41. The lowest BCUT2D eigenvalue weighted by Crippen LogP contribution is -2.46. The number of hydrogen-bond acceptors (Lipinski definition) is 5. The molecule has 0 spiro atoms. The molecule has 3 heterocycles. The molecule has 1 aliphatic rings. The molecule has 0 aromatic carbocycles. The zero-order valence-corrected chi connectivity index (χ0v) is 17.3. The van der Waals surface area contributed by atoms with Gasteiger partial charge in [0.25, 0.3) is 5.91 Å². The molecule has 1 atom stereocenters. The molecule has 3 N–H and O–H groups in total. The van der Waals surface area contributed by atoms with E-state index in [0.717, 1.165) is 25.9 Å². The summed E-state index contributed by atoms with van der Waals surface area (Å²) >= 11 is 0. The SMILES string of the molecule is CC(C)[C@@H](Nc1ccnc(-c2c[nH]c(C(=O)N3CCCC3)c2)n1)C(=O)NCC(F)(F)F. The highest BCUT2D eigenvalue weighted by atomic mass is 19.4. The Labute approximate surface area is 177 Å². The lowest BCUT2D eigenvalue weighted by molar-refractivity contribution is -0.139. The molecule has 1 fully saturated rings. The van der Waals surface area contributed by atoms with Gasteiger partial charge in [0.1, 0.15) is 24.1 Å². The summed E-state index contributed by atoms with van der Waals surface area (Å²) < 4.78 is 37.3. The van der Waals surface area contributed by atoms with Crippen LogP contribution in [-0.2, 0) is 4.79 Å². The van der Waals surface area contributed by atoms with E-state index in [1.54, 1.807) is 31.0 Å². The summed E-state index contributed by atoms with van der Waals surface area (Å²) in [4.78, 5) is 38.0. The van der Waals surface area contributed by atoms with E-state index in [2.05, 4.69) is 20.3 Å². The lowest BCUT2D eigenvalue weighted by atomic mass is 10.0. The van der Waals surface area contributed by atoms with E-state index in [4.69, 9.17) is 0 Å². The van der Waals surface area contributed by atoms with E-state index < -0.39 is 24.7 Å². The van der Waals surface area contributed by atoms with Gasteiger partial charge < -0.3 is 20.5 Å². The van der Waals surface area contributed by atoms with Crippen molar-refractivity contribution in [1.29, 1.82) is 0 Å². The molecule has 3 rings (SSSR count). The van der Waals surface area contributed by atoms with E-state index in [1.165, 1.54) is 12.3 Å². The molecule has 1 aliphatic heterocycles. The van der Waals surface area contributed by atoms with Gasteiger partial charge in [0, 0.05) is 31.0 Å². The van der Waals surface area contributed by atoms with Crippen LogP contribution in [0.25, 0.3) is 11.4 Å². The number of hydrogen-bond donors (Lipinski definition) is 3. The van der Waals surface area contributed by atoms with Gasteiger partial charge in [-0.15, -0.1) is 0 Å². The number of anilines is 1. The second kappa shape index (κ2) is 9.36. The van der Waals surface area contributed by atoms with Crippen LogP contribution >= 0.6 is 0 Å². The predicted octanol–water partition coefficient (Wildman–Crippen LogP) is 2.82. The van der Waals surface area contributed by atoms with Crippen molar-refractivity contribution in [3.8, 4) is 11.4 Å². The summed E-state index contributed by atoms with van der Waals surface area (Å²) in [6.45, 7) is 3.50. The highest BCUT2D eigenvalue weighted by Gasteiger charge is 2.30. The molecule has 0 unspecified atom stereocenters. The molecule has 0 aliphatic carbocycles. The van der Waals surface area contributed by atoms with Crippen molar-refractivity contribution < 1.29 is 22.8 Å². The van der Waals surface area contributed by atoms with Gasteiger partial charge in [0.2, 0.25) is 5.91 Å².